The van der Waals surface area contributed by atoms with E-state index in [1.807, 2.05) is 0 Å². The van der Waals surface area contributed by atoms with Crippen molar-refractivity contribution in [3.05, 3.63) is 23.6 Å². The molecule has 0 rings (SSSR count). The molecule has 0 atom stereocenters. The van der Waals surface area contributed by atoms with Gasteiger partial charge in [-0.2, -0.15) is 0 Å². The van der Waals surface area contributed by atoms with Gasteiger partial charge in [-0.25, -0.2) is 9.38 Å². The van der Waals surface area contributed by atoms with E-state index in [4.69, 9.17) is 17.0 Å². The van der Waals surface area contributed by atoms with Crippen molar-refractivity contribution < 1.29 is 4.39 Å². The fourth-order valence-electron chi connectivity index (χ4n) is 0.546. The second-order valence-corrected chi connectivity index (χ2v) is 2.64. The monoisotopic (exact) mass is 218 g/mol. The smallest absolute Gasteiger partial charge is 0.127 e. The van der Waals surface area contributed by atoms with E-state index >= 15 is 0 Å². The lowest BCUT2D eigenvalue weighted by Crippen LogP contribution is -2.31. The number of nitrogens with zero attached hydrogens (tertiary/aromatic N) is 2. The summed E-state index contributed by atoms with van der Waals surface area (Å²) in [5.74, 6) is 0. The first-order chi connectivity index (χ1) is 6.70. The molecule has 0 aliphatic carbocycles. The van der Waals surface area contributed by atoms with Gasteiger partial charge in [-0.05, 0) is 12.5 Å². The molecule has 0 heterocycles. The number of allylic oxidation sites excluding steroid dienone is 2. The maximum absolute atomic E-state index is 11.5. The van der Waals surface area contributed by atoms with Gasteiger partial charge in [0.2, 0.25) is 0 Å². The highest BCUT2D eigenvalue weighted by Gasteiger charge is 1.87. The number of nitrogens with one attached hydrogen (secondary N) is 2. The Kier molecular flexibility index (Phi) is 7.45. The van der Waals surface area contributed by atoms with Crippen molar-refractivity contribution in [3.8, 4) is 0 Å². The lowest BCUT2D eigenvalue weighted by molar-refractivity contribution is 0.476. The molecule has 0 spiro atoms. The zero-order valence-corrected chi connectivity index (χ0v) is 8.50. The van der Waals surface area contributed by atoms with Crippen molar-refractivity contribution >= 4 is 24.3 Å². The zero-order chi connectivity index (χ0) is 10.8. The highest BCUT2D eigenvalue weighted by Crippen LogP contribution is 2.03. The van der Waals surface area contributed by atoms with Gasteiger partial charge in [0.05, 0.1) is 12.7 Å². The molecule has 0 aromatic rings. The minimum absolute atomic E-state index is 0.265. The maximum Gasteiger partial charge on any atom is 0.127 e. The third-order valence-electron chi connectivity index (χ3n) is 1.13. The van der Waals surface area contributed by atoms with E-state index < -0.39 is 0 Å². The van der Waals surface area contributed by atoms with E-state index in [0.29, 0.717) is 12.8 Å². The maximum atomic E-state index is 11.5. The third-order valence-corrected chi connectivity index (χ3v) is 1.39. The number of hydrogen-bond donors (Lipinski definition) is 2. The van der Waals surface area contributed by atoms with E-state index in [1.165, 1.54) is 17.4 Å². The van der Waals surface area contributed by atoms with E-state index in [-0.39, 0.29) is 5.16 Å². The molecule has 0 aliphatic heterocycles. The van der Waals surface area contributed by atoms with Crippen LogP contribution in [0, 0.1) is 5.41 Å². The minimum atomic E-state index is 0.265. The van der Waals surface area contributed by atoms with E-state index in [0.717, 1.165) is 6.34 Å². The predicted molar refractivity (Wildman–Crippen MR) is 57.0 cm³/mol. The van der Waals surface area contributed by atoms with Crippen LogP contribution in [-0.2, 0) is 0 Å². The lowest BCUT2D eigenvalue weighted by Gasteiger charge is -2.09. The fourth-order valence-corrected chi connectivity index (χ4v) is 0.679. The molecule has 0 saturated carbocycles. The summed E-state index contributed by atoms with van der Waals surface area (Å²) in [4.78, 5) is 3.82. The molecule has 0 unspecified atom stereocenters. The molecule has 0 aliphatic rings. The lowest BCUT2D eigenvalue weighted by atomic mass is 10.4. The molecular weight excluding hydrogens is 207 g/mol. The first-order valence-electron chi connectivity index (χ1n) is 3.83. The number of aliphatic imine (C=N–C) groups is 1. The molecule has 4 nitrogen and oxygen atoms in total. The largest absolute Gasteiger partial charge is 0.290 e. The molecule has 0 aromatic heterocycles. The van der Waals surface area contributed by atoms with Gasteiger partial charge in [0, 0.05) is 7.05 Å². The van der Waals surface area contributed by atoms with Crippen LogP contribution < -0.4 is 5.43 Å². The standard InChI is InChI=1S/C8H12ClFN4/c1-14(13-6-11)7-12-8(9)4-2-3-5-10/h3-7H,2H2,1H3,(H2,11,13)/b5-3-,8-4-,12-7-. The molecule has 78 valence electrons. The Morgan fingerprint density at radius 3 is 3.00 bits per heavy atom. The van der Waals surface area contributed by atoms with Crippen LogP contribution in [0.25, 0.3) is 0 Å². The van der Waals surface area contributed by atoms with Crippen LogP contribution in [0.4, 0.5) is 4.39 Å². The molecule has 14 heavy (non-hydrogen) atoms. The summed E-state index contributed by atoms with van der Waals surface area (Å²) in [6.07, 6.45) is 6.14. The second-order valence-electron chi connectivity index (χ2n) is 2.25. The Hall–Kier alpha value is -1.36. The topological polar surface area (TPSA) is 51.5 Å². The van der Waals surface area contributed by atoms with Crippen LogP contribution in [0.5, 0.6) is 0 Å². The summed E-state index contributed by atoms with van der Waals surface area (Å²) in [5, 5.41) is 8.43. The van der Waals surface area contributed by atoms with Gasteiger partial charge in [0.1, 0.15) is 11.5 Å². The average Bonchev–Trinajstić information content (AvgIpc) is 2.16. The first kappa shape index (κ1) is 12.6. The van der Waals surface area contributed by atoms with Crippen LogP contribution in [0.3, 0.4) is 0 Å². The van der Waals surface area contributed by atoms with E-state index in [2.05, 4.69) is 10.4 Å². The van der Waals surface area contributed by atoms with E-state index in [1.54, 1.807) is 13.1 Å². The van der Waals surface area contributed by atoms with E-state index in [9.17, 15) is 4.39 Å². The highest BCUT2D eigenvalue weighted by molar-refractivity contribution is 6.29. The fraction of sp³-hybridized carbons (Fsp3) is 0.250. The molecule has 0 amide bonds. The Balaban J connectivity index is 3.95. The van der Waals surface area contributed by atoms with Crippen molar-refractivity contribution in [3.63, 3.8) is 0 Å². The number of hydrogen-bond acceptors (Lipinski definition) is 2. The molecular formula is C8H12ClFN4. The van der Waals surface area contributed by atoms with Crippen molar-refractivity contribution in [1.82, 2.24) is 10.4 Å². The quantitative estimate of drug-likeness (QED) is 0.310. The molecule has 2 N–H and O–H groups in total. The molecule has 0 aromatic carbocycles. The third kappa shape index (κ3) is 7.30. The normalized spacial score (nSPS) is 12.4. The highest BCUT2D eigenvalue weighted by atomic mass is 35.5. The van der Waals surface area contributed by atoms with Gasteiger partial charge >= 0.3 is 0 Å². The Bertz CT molecular complexity index is 250. The summed E-state index contributed by atoms with van der Waals surface area (Å²) in [6.45, 7) is 0. The van der Waals surface area contributed by atoms with Gasteiger partial charge in [-0.1, -0.05) is 17.7 Å². The summed E-state index contributed by atoms with van der Waals surface area (Å²) < 4.78 is 11.5. The van der Waals surface area contributed by atoms with Gasteiger partial charge in [-0.15, -0.1) is 0 Å². The van der Waals surface area contributed by atoms with Crippen LogP contribution in [0.1, 0.15) is 6.42 Å². The number of hydrazine groups is 1. The van der Waals surface area contributed by atoms with Crippen molar-refractivity contribution in [2.24, 2.45) is 4.99 Å². The minimum Gasteiger partial charge on any atom is -0.290 e. The van der Waals surface area contributed by atoms with Gasteiger partial charge in [0.15, 0.2) is 0 Å². The van der Waals surface area contributed by atoms with Crippen molar-refractivity contribution in [2.45, 2.75) is 6.42 Å². The first-order valence-corrected chi connectivity index (χ1v) is 4.21. The second kappa shape index (κ2) is 8.25. The van der Waals surface area contributed by atoms with Gasteiger partial charge in [-0.3, -0.25) is 15.8 Å². The zero-order valence-electron chi connectivity index (χ0n) is 7.74. The number of halogens is 2. The van der Waals surface area contributed by atoms with Crippen LogP contribution in [0.2, 0.25) is 0 Å². The van der Waals surface area contributed by atoms with Crippen LogP contribution in [-0.4, -0.2) is 24.7 Å². The van der Waals surface area contributed by atoms with Crippen LogP contribution in [0.15, 0.2) is 28.6 Å². The van der Waals surface area contributed by atoms with Crippen molar-refractivity contribution in [1.29, 1.82) is 5.41 Å². The summed E-state index contributed by atoms with van der Waals surface area (Å²) in [7, 11) is 1.67. The molecule has 6 heteroatoms. The molecule has 0 saturated heterocycles. The molecule has 0 radical (unpaired) electrons. The van der Waals surface area contributed by atoms with Crippen molar-refractivity contribution in [2.75, 3.05) is 7.05 Å². The average molecular weight is 219 g/mol. The SMILES string of the molecule is CN(/C=N\C(Cl)=C/C/C=C\F)NC=N. The summed E-state index contributed by atoms with van der Waals surface area (Å²) in [5.41, 5.74) is 2.53. The number of rotatable bonds is 6. The van der Waals surface area contributed by atoms with Crippen LogP contribution >= 0.6 is 11.6 Å². The predicted octanol–water partition coefficient (Wildman–Crippen LogP) is 2.01. The molecule has 0 fully saturated rings. The van der Waals surface area contributed by atoms with Gasteiger partial charge < -0.3 is 0 Å². The summed E-state index contributed by atoms with van der Waals surface area (Å²) >= 11 is 5.66. The Morgan fingerprint density at radius 1 is 1.71 bits per heavy atom. The van der Waals surface area contributed by atoms with Gasteiger partial charge in [0.25, 0.3) is 0 Å². The molecule has 0 bridgehead atoms. The Labute approximate surface area is 87.2 Å². The Morgan fingerprint density at radius 2 is 2.43 bits per heavy atom. The summed E-state index contributed by atoms with van der Waals surface area (Å²) in [6, 6.07) is 0.